The number of benzene rings is 3. The van der Waals surface area contributed by atoms with E-state index in [0.717, 1.165) is 52.5 Å². The zero-order valence-corrected chi connectivity index (χ0v) is 23.9. The molecule has 0 spiro atoms. The number of nitrogens with one attached hydrogen (secondary N) is 3. The van der Waals surface area contributed by atoms with Crippen molar-refractivity contribution in [2.24, 2.45) is 5.92 Å². The highest BCUT2D eigenvalue weighted by Gasteiger charge is 2.17. The Morgan fingerprint density at radius 1 is 0.897 bits per heavy atom. The van der Waals surface area contributed by atoms with Crippen LogP contribution in [0.5, 0.6) is 0 Å². The normalized spacial score (nSPS) is 11.8. The van der Waals surface area contributed by atoms with E-state index in [0.29, 0.717) is 24.4 Å². The van der Waals surface area contributed by atoms with E-state index in [1.807, 2.05) is 60.7 Å². The van der Waals surface area contributed by atoms with Gasteiger partial charge in [-0.15, -0.1) is 0 Å². The molecule has 0 atom stereocenters. The van der Waals surface area contributed by atoms with Crippen molar-refractivity contribution in [2.75, 3.05) is 13.1 Å². The van der Waals surface area contributed by atoms with E-state index in [2.05, 4.69) is 35.8 Å². The molecule has 6 nitrogen and oxygen atoms in total. The molecule has 1 aromatic heterocycles. The van der Waals surface area contributed by atoms with Crippen LogP contribution in [-0.4, -0.2) is 32.4 Å². The summed E-state index contributed by atoms with van der Waals surface area (Å²) in [6.07, 6.45) is 4.94. The highest BCUT2D eigenvalue weighted by molar-refractivity contribution is 7.89. The summed E-state index contributed by atoms with van der Waals surface area (Å²) >= 11 is 0. The lowest BCUT2D eigenvalue weighted by atomic mass is 10.0. The summed E-state index contributed by atoms with van der Waals surface area (Å²) in [5.74, 6) is 0.296. The van der Waals surface area contributed by atoms with Crippen LogP contribution in [-0.2, 0) is 22.9 Å². The molecule has 1 amide bonds. The van der Waals surface area contributed by atoms with E-state index in [1.165, 1.54) is 6.42 Å². The summed E-state index contributed by atoms with van der Waals surface area (Å²) in [6.45, 7) is 7.20. The first-order valence-corrected chi connectivity index (χ1v) is 15.3. The molecule has 0 aliphatic heterocycles. The van der Waals surface area contributed by atoms with Gasteiger partial charge < -0.3 is 10.3 Å². The van der Waals surface area contributed by atoms with E-state index < -0.39 is 10.0 Å². The minimum Gasteiger partial charge on any atom is -0.354 e. The number of aromatic nitrogens is 1. The fraction of sp³-hybridized carbons (Fsp3) is 0.344. The molecule has 0 saturated heterocycles. The monoisotopic (exact) mass is 545 g/mol. The second-order valence-electron chi connectivity index (χ2n) is 10.5. The Bertz CT molecular complexity index is 1490. The maximum atomic E-state index is 13.0. The van der Waals surface area contributed by atoms with E-state index in [-0.39, 0.29) is 17.3 Å². The Hall–Kier alpha value is -3.42. The number of hydrogen-bond donors (Lipinski definition) is 3. The van der Waals surface area contributed by atoms with Crippen LogP contribution in [0.2, 0.25) is 0 Å². The van der Waals surface area contributed by atoms with Crippen molar-refractivity contribution in [3.8, 4) is 11.3 Å². The zero-order valence-electron chi connectivity index (χ0n) is 23.1. The van der Waals surface area contributed by atoms with Gasteiger partial charge in [0.15, 0.2) is 0 Å². The molecule has 0 bridgehead atoms. The van der Waals surface area contributed by atoms with Crippen LogP contribution in [0.4, 0.5) is 0 Å². The third-order valence-electron chi connectivity index (χ3n) is 6.89. The Balaban J connectivity index is 1.48. The summed E-state index contributed by atoms with van der Waals surface area (Å²) < 4.78 is 28.8. The van der Waals surface area contributed by atoms with Crippen LogP contribution in [0.15, 0.2) is 77.7 Å². The molecule has 0 saturated carbocycles. The number of aryl methyl sites for hydroxylation is 1. The van der Waals surface area contributed by atoms with Crippen LogP contribution in [0.25, 0.3) is 22.2 Å². The van der Waals surface area contributed by atoms with Crippen molar-refractivity contribution in [1.29, 1.82) is 0 Å². The third-order valence-corrected chi connectivity index (χ3v) is 8.37. The Morgan fingerprint density at radius 3 is 2.31 bits per heavy atom. The molecule has 7 heteroatoms. The number of rotatable bonds is 13. The number of unbranched alkanes of at least 4 members (excludes halogenated alkanes) is 2. The van der Waals surface area contributed by atoms with Crippen LogP contribution in [0, 0.1) is 5.92 Å². The average Bonchev–Trinajstić information content (AvgIpc) is 3.30. The minimum absolute atomic E-state index is 0.0875. The zero-order chi connectivity index (χ0) is 27.8. The molecular weight excluding hydrogens is 506 g/mol. The summed E-state index contributed by atoms with van der Waals surface area (Å²) in [5.41, 5.74) is 5.68. The fourth-order valence-corrected chi connectivity index (χ4v) is 5.73. The average molecular weight is 546 g/mol. The highest BCUT2D eigenvalue weighted by Crippen LogP contribution is 2.31. The van der Waals surface area contributed by atoms with Crippen molar-refractivity contribution in [3.05, 3.63) is 89.5 Å². The van der Waals surface area contributed by atoms with Gasteiger partial charge in [0.1, 0.15) is 0 Å². The number of fused-ring (bicyclic) bond motifs is 1. The maximum Gasteiger partial charge on any atom is 0.251 e. The van der Waals surface area contributed by atoms with Gasteiger partial charge in [0.2, 0.25) is 10.0 Å². The van der Waals surface area contributed by atoms with Gasteiger partial charge in [-0.3, -0.25) is 4.79 Å². The number of H-pyrrole nitrogens is 1. The van der Waals surface area contributed by atoms with Gasteiger partial charge in [-0.25, -0.2) is 13.1 Å². The van der Waals surface area contributed by atoms with E-state index in [4.69, 9.17) is 0 Å². The lowest BCUT2D eigenvalue weighted by Gasteiger charge is -2.10. The maximum absolute atomic E-state index is 13.0. The Morgan fingerprint density at radius 2 is 1.62 bits per heavy atom. The molecule has 3 N–H and O–H groups in total. The summed E-state index contributed by atoms with van der Waals surface area (Å²) in [7, 11) is -3.62. The van der Waals surface area contributed by atoms with Gasteiger partial charge >= 0.3 is 0 Å². The topological polar surface area (TPSA) is 91.1 Å². The smallest absolute Gasteiger partial charge is 0.251 e. The third kappa shape index (κ3) is 7.37. The molecule has 0 aliphatic carbocycles. The van der Waals surface area contributed by atoms with E-state index in [9.17, 15) is 13.2 Å². The predicted octanol–water partition coefficient (Wildman–Crippen LogP) is 6.47. The Kier molecular flexibility index (Phi) is 9.59. The second kappa shape index (κ2) is 13.1. The molecule has 39 heavy (non-hydrogen) atoms. The molecule has 206 valence electrons. The molecule has 0 radical (unpaired) electrons. The van der Waals surface area contributed by atoms with Crippen molar-refractivity contribution in [2.45, 2.75) is 57.8 Å². The standard InChI is InChI=1S/C32H39N3O3S/c1-4-5-6-9-24-12-18-27(19-13-24)39(37,38)34-21-20-29-28-10-7-8-11-30(28)35-31(29)25-14-16-26(17-15-25)32(36)33-22-23(2)3/h7-8,10-19,23,34-35H,4-6,9,20-22H2,1-3H3,(H,33,36). The van der Waals surface area contributed by atoms with Gasteiger partial charge in [0, 0.05) is 35.2 Å². The van der Waals surface area contributed by atoms with E-state index >= 15 is 0 Å². The van der Waals surface area contributed by atoms with E-state index in [1.54, 1.807) is 12.1 Å². The predicted molar refractivity (Wildman–Crippen MR) is 159 cm³/mol. The fourth-order valence-electron chi connectivity index (χ4n) is 4.70. The van der Waals surface area contributed by atoms with Crippen molar-refractivity contribution >= 4 is 26.8 Å². The van der Waals surface area contributed by atoms with Crippen LogP contribution >= 0.6 is 0 Å². The number of amides is 1. The minimum atomic E-state index is -3.62. The first-order valence-electron chi connectivity index (χ1n) is 13.9. The van der Waals surface area contributed by atoms with Gasteiger partial charge in [-0.2, -0.15) is 0 Å². The molecule has 3 aromatic carbocycles. The van der Waals surface area contributed by atoms with Crippen LogP contribution in [0.3, 0.4) is 0 Å². The number of sulfonamides is 1. The SMILES string of the molecule is CCCCCc1ccc(S(=O)(=O)NCCc2c(-c3ccc(C(=O)NCC(C)C)cc3)[nH]c3ccccc23)cc1. The number of aromatic amines is 1. The molecule has 0 unspecified atom stereocenters. The van der Waals surface area contributed by atoms with Crippen molar-refractivity contribution in [1.82, 2.24) is 15.0 Å². The molecule has 4 rings (SSSR count). The van der Waals surface area contributed by atoms with Gasteiger partial charge in [0.25, 0.3) is 5.91 Å². The molecule has 4 aromatic rings. The molecule has 1 heterocycles. The highest BCUT2D eigenvalue weighted by atomic mass is 32.2. The second-order valence-corrected chi connectivity index (χ2v) is 12.2. The summed E-state index contributed by atoms with van der Waals surface area (Å²) in [4.78, 5) is 16.2. The van der Waals surface area contributed by atoms with Crippen molar-refractivity contribution < 1.29 is 13.2 Å². The quantitative estimate of drug-likeness (QED) is 0.168. The summed E-state index contributed by atoms with van der Waals surface area (Å²) in [6, 6.07) is 22.8. The first-order chi connectivity index (χ1) is 18.8. The number of carbonyl (C=O) groups is 1. The molecule has 0 aliphatic rings. The number of carbonyl (C=O) groups excluding carboxylic acids is 1. The van der Waals surface area contributed by atoms with Gasteiger partial charge in [-0.1, -0.05) is 76.1 Å². The van der Waals surface area contributed by atoms with Gasteiger partial charge in [-0.05, 0) is 72.2 Å². The lowest BCUT2D eigenvalue weighted by molar-refractivity contribution is 0.0949. The van der Waals surface area contributed by atoms with Gasteiger partial charge in [0.05, 0.1) is 4.90 Å². The van der Waals surface area contributed by atoms with Crippen LogP contribution in [0.1, 0.15) is 61.5 Å². The lowest BCUT2D eigenvalue weighted by Crippen LogP contribution is -2.27. The first kappa shape index (κ1) is 28.6. The van der Waals surface area contributed by atoms with Crippen molar-refractivity contribution in [3.63, 3.8) is 0 Å². The molecular formula is C32H39N3O3S. The number of hydrogen-bond acceptors (Lipinski definition) is 3. The van der Waals surface area contributed by atoms with Crippen LogP contribution < -0.4 is 10.0 Å². The summed E-state index contributed by atoms with van der Waals surface area (Å²) in [5, 5.41) is 4.01. The Labute approximate surface area is 232 Å². The molecule has 0 fully saturated rings. The number of para-hydroxylation sites is 1. The largest absolute Gasteiger partial charge is 0.354 e.